The third-order valence-electron chi connectivity index (χ3n) is 2.17. The largest absolute Gasteiger partial charge is 0.494 e. The summed E-state index contributed by atoms with van der Waals surface area (Å²) in [7, 11) is 1.44. The molecule has 0 heterocycles. The average Bonchev–Trinajstić information content (AvgIpc) is 2.16. The van der Waals surface area contributed by atoms with Crippen LogP contribution in [0.15, 0.2) is 30.4 Å². The van der Waals surface area contributed by atoms with Gasteiger partial charge < -0.3 is 10.5 Å². The molecule has 16 heavy (non-hydrogen) atoms. The van der Waals surface area contributed by atoms with E-state index in [9.17, 15) is 4.39 Å². The fourth-order valence-electron chi connectivity index (χ4n) is 1.41. The molecule has 1 atom stereocenters. The van der Waals surface area contributed by atoms with Crippen LogP contribution < -0.4 is 10.5 Å². The van der Waals surface area contributed by atoms with Crippen LogP contribution in [0.3, 0.4) is 0 Å². The van der Waals surface area contributed by atoms with Gasteiger partial charge in [0.25, 0.3) is 0 Å². The minimum Gasteiger partial charge on any atom is -0.494 e. The van der Waals surface area contributed by atoms with Crippen molar-refractivity contribution in [3.8, 4) is 5.75 Å². The van der Waals surface area contributed by atoms with Crippen molar-refractivity contribution in [1.82, 2.24) is 0 Å². The Morgan fingerprint density at radius 1 is 1.56 bits per heavy atom. The number of rotatable bonds is 4. The minimum absolute atomic E-state index is 0. The summed E-state index contributed by atoms with van der Waals surface area (Å²) in [6.07, 6.45) is 0.659. The van der Waals surface area contributed by atoms with E-state index in [1.807, 2.05) is 6.92 Å². The van der Waals surface area contributed by atoms with Gasteiger partial charge in [0.2, 0.25) is 0 Å². The van der Waals surface area contributed by atoms with E-state index in [1.165, 1.54) is 13.2 Å². The van der Waals surface area contributed by atoms with Gasteiger partial charge in [-0.3, -0.25) is 0 Å². The summed E-state index contributed by atoms with van der Waals surface area (Å²) in [5.41, 5.74) is 7.63. The lowest BCUT2D eigenvalue weighted by atomic mass is 10.0. The smallest absolute Gasteiger partial charge is 0.165 e. The van der Waals surface area contributed by atoms with Crippen molar-refractivity contribution < 1.29 is 9.13 Å². The maximum Gasteiger partial charge on any atom is 0.165 e. The molecule has 2 N–H and O–H groups in total. The average molecular weight is 246 g/mol. The zero-order valence-corrected chi connectivity index (χ0v) is 10.3. The van der Waals surface area contributed by atoms with E-state index in [4.69, 9.17) is 10.5 Å². The van der Waals surface area contributed by atoms with E-state index >= 15 is 0 Å². The summed E-state index contributed by atoms with van der Waals surface area (Å²) in [6, 6.07) is 4.56. The lowest BCUT2D eigenvalue weighted by Gasteiger charge is -2.12. The molecule has 0 aliphatic heterocycles. The Morgan fingerprint density at radius 2 is 2.19 bits per heavy atom. The van der Waals surface area contributed by atoms with Crippen LogP contribution in [0.5, 0.6) is 5.75 Å². The summed E-state index contributed by atoms with van der Waals surface area (Å²) < 4.78 is 18.2. The second-order valence-electron chi connectivity index (χ2n) is 3.66. The number of benzene rings is 1. The van der Waals surface area contributed by atoms with Crippen molar-refractivity contribution in [3.63, 3.8) is 0 Å². The summed E-state index contributed by atoms with van der Waals surface area (Å²) in [5, 5.41) is 0. The molecule has 0 spiro atoms. The summed E-state index contributed by atoms with van der Waals surface area (Å²) in [5.74, 6) is -0.145. The van der Waals surface area contributed by atoms with Crippen molar-refractivity contribution in [3.05, 3.63) is 41.7 Å². The molecular formula is C12H17ClFNO. The van der Waals surface area contributed by atoms with Gasteiger partial charge in [0.05, 0.1) is 7.11 Å². The Morgan fingerprint density at radius 3 is 2.62 bits per heavy atom. The molecule has 0 saturated heterocycles. The molecule has 0 aromatic heterocycles. The van der Waals surface area contributed by atoms with Crippen LogP contribution in [0, 0.1) is 5.82 Å². The Labute approximate surface area is 102 Å². The Balaban J connectivity index is 0.00000225. The molecule has 90 valence electrons. The zero-order chi connectivity index (χ0) is 11.4. The summed E-state index contributed by atoms with van der Waals surface area (Å²) in [6.45, 7) is 5.68. The van der Waals surface area contributed by atoms with Crippen molar-refractivity contribution >= 4 is 12.4 Å². The number of methoxy groups -OCH3 is 1. The van der Waals surface area contributed by atoms with Crippen LogP contribution in [0.25, 0.3) is 0 Å². The van der Waals surface area contributed by atoms with E-state index in [-0.39, 0.29) is 30.0 Å². The molecular weight excluding hydrogens is 229 g/mol. The van der Waals surface area contributed by atoms with Gasteiger partial charge in [-0.15, -0.1) is 19.0 Å². The van der Waals surface area contributed by atoms with Crippen LogP contribution in [0.4, 0.5) is 4.39 Å². The highest BCUT2D eigenvalue weighted by Gasteiger charge is 2.09. The molecule has 1 aromatic carbocycles. The van der Waals surface area contributed by atoms with Gasteiger partial charge in [0.15, 0.2) is 11.6 Å². The predicted molar refractivity (Wildman–Crippen MR) is 66.6 cm³/mol. The van der Waals surface area contributed by atoms with Gasteiger partial charge in [-0.2, -0.15) is 0 Å². The van der Waals surface area contributed by atoms with Gasteiger partial charge in [-0.05, 0) is 31.0 Å². The molecule has 0 aliphatic rings. The summed E-state index contributed by atoms with van der Waals surface area (Å²) in [4.78, 5) is 0. The van der Waals surface area contributed by atoms with Gasteiger partial charge >= 0.3 is 0 Å². The maximum absolute atomic E-state index is 13.3. The van der Waals surface area contributed by atoms with Gasteiger partial charge in [-0.1, -0.05) is 11.6 Å². The Kier molecular flexibility index (Phi) is 6.08. The Hall–Kier alpha value is -1.06. The number of nitrogens with two attached hydrogens (primary N) is 1. The normalized spacial score (nSPS) is 11.5. The van der Waals surface area contributed by atoms with Crippen molar-refractivity contribution in [1.29, 1.82) is 0 Å². The minimum atomic E-state index is -0.382. The van der Waals surface area contributed by atoms with Crippen LogP contribution in [0.2, 0.25) is 0 Å². The van der Waals surface area contributed by atoms with Gasteiger partial charge in [-0.25, -0.2) is 4.39 Å². The number of halogens is 2. The molecule has 4 heteroatoms. The molecule has 0 amide bonds. The molecule has 0 bridgehead atoms. The monoisotopic (exact) mass is 245 g/mol. The fourth-order valence-corrected chi connectivity index (χ4v) is 1.41. The van der Waals surface area contributed by atoms with E-state index in [2.05, 4.69) is 6.58 Å². The second-order valence-corrected chi connectivity index (χ2v) is 3.66. The first-order valence-corrected chi connectivity index (χ1v) is 4.78. The first-order chi connectivity index (χ1) is 7.04. The van der Waals surface area contributed by atoms with Crippen molar-refractivity contribution in [2.45, 2.75) is 19.4 Å². The fraction of sp³-hybridized carbons (Fsp3) is 0.333. The molecule has 1 rings (SSSR count). The quantitative estimate of drug-likeness (QED) is 0.827. The van der Waals surface area contributed by atoms with Gasteiger partial charge in [0.1, 0.15) is 0 Å². The highest BCUT2D eigenvalue weighted by Crippen LogP contribution is 2.23. The molecule has 0 unspecified atom stereocenters. The molecule has 0 fully saturated rings. The number of hydrogen-bond donors (Lipinski definition) is 1. The van der Waals surface area contributed by atoms with Crippen LogP contribution in [0.1, 0.15) is 24.9 Å². The van der Waals surface area contributed by atoms with E-state index in [1.54, 1.807) is 12.1 Å². The van der Waals surface area contributed by atoms with Crippen LogP contribution in [-0.4, -0.2) is 7.11 Å². The first kappa shape index (κ1) is 14.9. The SMILES string of the molecule is C=C(C)C[C@@H](N)c1ccc(OC)c(F)c1.Cl. The van der Waals surface area contributed by atoms with Crippen LogP contribution in [-0.2, 0) is 0 Å². The molecule has 1 aromatic rings. The first-order valence-electron chi connectivity index (χ1n) is 4.78. The van der Waals surface area contributed by atoms with Gasteiger partial charge in [0, 0.05) is 6.04 Å². The van der Waals surface area contributed by atoms with E-state index in [0.717, 1.165) is 11.1 Å². The predicted octanol–water partition coefficient (Wildman–Crippen LogP) is 3.22. The van der Waals surface area contributed by atoms with Crippen molar-refractivity contribution in [2.75, 3.05) is 7.11 Å². The third-order valence-corrected chi connectivity index (χ3v) is 2.17. The highest BCUT2D eigenvalue weighted by atomic mass is 35.5. The lowest BCUT2D eigenvalue weighted by molar-refractivity contribution is 0.386. The Bertz CT molecular complexity index is 368. The van der Waals surface area contributed by atoms with E-state index in [0.29, 0.717) is 6.42 Å². The molecule has 0 aliphatic carbocycles. The number of ether oxygens (including phenoxy) is 1. The zero-order valence-electron chi connectivity index (χ0n) is 9.50. The van der Waals surface area contributed by atoms with E-state index < -0.39 is 0 Å². The molecule has 0 radical (unpaired) electrons. The topological polar surface area (TPSA) is 35.2 Å². The second kappa shape index (κ2) is 6.51. The van der Waals surface area contributed by atoms with Crippen LogP contribution >= 0.6 is 12.4 Å². The highest BCUT2D eigenvalue weighted by molar-refractivity contribution is 5.85. The standard InChI is InChI=1S/C12H16FNO.ClH/c1-8(2)6-11(14)9-4-5-12(15-3)10(13)7-9;/h4-5,7,11H,1,6,14H2,2-3H3;1H/t11-;/m1./s1. The molecule has 0 saturated carbocycles. The third kappa shape index (κ3) is 3.83. The summed E-state index contributed by atoms with van der Waals surface area (Å²) >= 11 is 0. The lowest BCUT2D eigenvalue weighted by Crippen LogP contribution is -2.10. The number of hydrogen-bond acceptors (Lipinski definition) is 2. The van der Waals surface area contributed by atoms with Crippen molar-refractivity contribution in [2.24, 2.45) is 5.73 Å². The maximum atomic E-state index is 13.3. The molecule has 2 nitrogen and oxygen atoms in total.